The van der Waals surface area contributed by atoms with Crippen LogP contribution in [0.1, 0.15) is 155 Å². The highest BCUT2D eigenvalue weighted by Gasteiger charge is 2.17. The third-order valence-corrected chi connectivity index (χ3v) is 8.86. The summed E-state index contributed by atoms with van der Waals surface area (Å²) in [5.41, 5.74) is 0. The lowest BCUT2D eigenvalue weighted by Crippen LogP contribution is -2.37. The van der Waals surface area contributed by atoms with Crippen molar-refractivity contribution in [3.8, 4) is 0 Å². The molecule has 1 atom stereocenters. The maximum absolute atomic E-state index is 11.0. The van der Waals surface area contributed by atoms with Crippen LogP contribution in [0.25, 0.3) is 0 Å². The number of hydrogen-bond donors (Lipinski definition) is 10. The van der Waals surface area contributed by atoms with Crippen molar-refractivity contribution >= 4 is 17.9 Å². The van der Waals surface area contributed by atoms with Crippen molar-refractivity contribution in [2.24, 2.45) is 0 Å². The number of nitrogens with one attached hydrogen (secondary N) is 1. The van der Waals surface area contributed by atoms with E-state index in [9.17, 15) is 14.4 Å². The van der Waals surface area contributed by atoms with Crippen LogP contribution in [0.15, 0.2) is 0 Å². The van der Waals surface area contributed by atoms with Crippen molar-refractivity contribution in [2.45, 2.75) is 161 Å². The Morgan fingerprint density at radius 1 is 0.429 bits per heavy atom. The average molecular weight is 814 g/mol. The molecule has 0 bridgehead atoms. The number of nitrogens with zero attached hydrogens (tertiary/aromatic N) is 2. The normalized spacial score (nSPS) is 11.2. The molecular weight excluding hydrogens is 726 g/mol. The minimum atomic E-state index is -0.965. The molecule has 15 nitrogen and oxygen atoms in total. The van der Waals surface area contributed by atoms with Gasteiger partial charge in [-0.05, 0) is 25.8 Å². The van der Waals surface area contributed by atoms with Crippen LogP contribution in [0.2, 0.25) is 0 Å². The van der Waals surface area contributed by atoms with Crippen molar-refractivity contribution in [3.05, 3.63) is 0 Å². The molecule has 338 valence electrons. The molecule has 15 heteroatoms. The van der Waals surface area contributed by atoms with Gasteiger partial charge in [-0.25, -0.2) is 0 Å². The average Bonchev–Trinajstić information content (AvgIpc) is 3.15. The predicted molar refractivity (Wildman–Crippen MR) is 223 cm³/mol. The standard InChI is InChI=1S/C17H33NO4.C12H24O2.2C6H15NO3/c1-2-3-4-5-6-7-8-9-10-11-14-18-15(17(21)22)12-13-16(19)20;1-2-3-4-5-6-7-8-9-10-11-12(13)14;2*8-4-1-7(2-5-9)3-6-10/h15,18H,2-14H2,1H3,(H,19,20)(H,21,22);2-11H2,1H3,(H,13,14);2*8-10H,1-6H2. The van der Waals surface area contributed by atoms with Gasteiger partial charge in [-0.1, -0.05) is 123 Å². The fourth-order valence-electron chi connectivity index (χ4n) is 5.58. The van der Waals surface area contributed by atoms with Gasteiger partial charge in [0, 0.05) is 52.1 Å². The Labute approximate surface area is 339 Å². The lowest BCUT2D eigenvalue weighted by molar-refractivity contribution is -0.141. The molecule has 0 aliphatic rings. The van der Waals surface area contributed by atoms with Crippen LogP contribution in [0.3, 0.4) is 0 Å². The van der Waals surface area contributed by atoms with Crippen molar-refractivity contribution < 1.29 is 60.3 Å². The summed E-state index contributed by atoms with van der Waals surface area (Å²) in [5.74, 6) is -2.58. The van der Waals surface area contributed by atoms with E-state index in [1.165, 1.54) is 96.3 Å². The van der Waals surface area contributed by atoms with Gasteiger partial charge >= 0.3 is 17.9 Å². The first-order valence-corrected chi connectivity index (χ1v) is 21.5. The molecule has 0 saturated heterocycles. The quantitative estimate of drug-likeness (QED) is 0.0390. The molecule has 10 N–H and O–H groups in total. The van der Waals surface area contributed by atoms with E-state index in [1.807, 2.05) is 0 Å². The first-order chi connectivity index (χ1) is 27.0. The Morgan fingerprint density at radius 2 is 0.714 bits per heavy atom. The Kier molecular flexibility index (Phi) is 57.5. The van der Waals surface area contributed by atoms with E-state index in [4.69, 9.17) is 46.0 Å². The van der Waals surface area contributed by atoms with Gasteiger partial charge < -0.3 is 51.3 Å². The summed E-state index contributed by atoms with van der Waals surface area (Å²) in [6.45, 7) is 8.61. The number of aliphatic hydroxyl groups is 6. The van der Waals surface area contributed by atoms with Crippen LogP contribution < -0.4 is 5.32 Å². The molecule has 0 radical (unpaired) electrons. The van der Waals surface area contributed by atoms with Crippen LogP contribution in [-0.4, -0.2) is 165 Å². The fourth-order valence-corrected chi connectivity index (χ4v) is 5.58. The van der Waals surface area contributed by atoms with Crippen LogP contribution in [-0.2, 0) is 14.4 Å². The summed E-state index contributed by atoms with van der Waals surface area (Å²) in [4.78, 5) is 35.2. The van der Waals surface area contributed by atoms with Crippen LogP contribution in [0, 0.1) is 0 Å². The minimum Gasteiger partial charge on any atom is -0.481 e. The SMILES string of the molecule is CCCCCCCCCCCC(=O)O.CCCCCCCCCCCCNC(CCC(=O)O)C(=O)O.OCCN(CCO)CCO.OCCN(CCO)CCO. The summed E-state index contributed by atoms with van der Waals surface area (Å²) >= 11 is 0. The second-order valence-electron chi connectivity index (χ2n) is 14.0. The molecule has 0 aliphatic carbocycles. The van der Waals surface area contributed by atoms with Gasteiger partial charge in [-0.3, -0.25) is 24.2 Å². The zero-order valence-corrected chi connectivity index (χ0v) is 35.5. The van der Waals surface area contributed by atoms with E-state index in [0.29, 0.717) is 52.2 Å². The Hall–Kier alpha value is -1.95. The molecule has 0 saturated carbocycles. The first kappa shape index (κ1) is 60.7. The van der Waals surface area contributed by atoms with Gasteiger partial charge in [0.1, 0.15) is 6.04 Å². The number of rotatable bonds is 38. The number of carboxylic acids is 3. The van der Waals surface area contributed by atoms with E-state index in [0.717, 1.165) is 25.7 Å². The maximum atomic E-state index is 11.0. The Morgan fingerprint density at radius 3 is 0.982 bits per heavy atom. The number of unbranched alkanes of at least 4 members (excludes halogenated alkanes) is 17. The summed E-state index contributed by atoms with van der Waals surface area (Å²) in [5, 5.41) is 79.8. The second kappa shape index (κ2) is 53.0. The minimum absolute atomic E-state index is 0.0694. The number of aliphatic hydroxyl groups excluding tert-OH is 6. The van der Waals surface area contributed by atoms with E-state index in [2.05, 4.69) is 19.2 Å². The highest BCUT2D eigenvalue weighted by Crippen LogP contribution is 2.11. The summed E-state index contributed by atoms with van der Waals surface area (Å²) in [7, 11) is 0. The molecule has 0 spiro atoms. The van der Waals surface area contributed by atoms with Gasteiger partial charge in [-0.2, -0.15) is 0 Å². The molecule has 0 amide bonds. The molecule has 0 aromatic heterocycles. The molecular formula is C41H87N3O12. The van der Waals surface area contributed by atoms with Gasteiger partial charge in [0.15, 0.2) is 0 Å². The summed E-state index contributed by atoms with van der Waals surface area (Å²) < 4.78 is 0. The van der Waals surface area contributed by atoms with Gasteiger partial charge in [0.05, 0.1) is 39.6 Å². The number of hydrogen-bond acceptors (Lipinski definition) is 12. The predicted octanol–water partition coefficient (Wildman–Crippen LogP) is 4.34. The molecule has 1 unspecified atom stereocenters. The third kappa shape index (κ3) is 56.4. The smallest absolute Gasteiger partial charge is 0.320 e. The summed E-state index contributed by atoms with van der Waals surface area (Å²) in [6, 6.07) is -0.741. The molecule has 0 rings (SSSR count). The second-order valence-corrected chi connectivity index (χ2v) is 14.0. The van der Waals surface area contributed by atoms with Crippen molar-refractivity contribution in [1.82, 2.24) is 15.1 Å². The topological polar surface area (TPSA) is 252 Å². The number of carbonyl (C=O) groups is 3. The van der Waals surface area contributed by atoms with Crippen LogP contribution >= 0.6 is 0 Å². The zero-order chi connectivity index (χ0) is 42.9. The monoisotopic (exact) mass is 814 g/mol. The molecule has 56 heavy (non-hydrogen) atoms. The summed E-state index contributed by atoms with van der Waals surface area (Å²) in [6.07, 6.45) is 24.0. The highest BCUT2D eigenvalue weighted by atomic mass is 16.4. The molecule has 0 aromatic carbocycles. The van der Waals surface area contributed by atoms with E-state index >= 15 is 0 Å². The number of carboxylic acid groups (broad SMARTS) is 3. The van der Waals surface area contributed by atoms with Crippen LogP contribution in [0.5, 0.6) is 0 Å². The zero-order valence-electron chi connectivity index (χ0n) is 35.5. The fraction of sp³-hybridized carbons (Fsp3) is 0.927. The van der Waals surface area contributed by atoms with E-state index < -0.39 is 23.9 Å². The van der Waals surface area contributed by atoms with Crippen LogP contribution in [0.4, 0.5) is 0 Å². The van der Waals surface area contributed by atoms with E-state index in [1.54, 1.807) is 9.80 Å². The third-order valence-electron chi connectivity index (χ3n) is 8.86. The molecule has 0 heterocycles. The van der Waals surface area contributed by atoms with Gasteiger partial charge in [0.25, 0.3) is 0 Å². The van der Waals surface area contributed by atoms with Crippen molar-refractivity contribution in [2.75, 3.05) is 85.5 Å². The lowest BCUT2D eigenvalue weighted by atomic mass is 10.1. The van der Waals surface area contributed by atoms with Crippen molar-refractivity contribution in [1.29, 1.82) is 0 Å². The molecule has 0 aromatic rings. The van der Waals surface area contributed by atoms with Gasteiger partial charge in [0.2, 0.25) is 0 Å². The molecule has 0 fully saturated rings. The van der Waals surface area contributed by atoms with E-state index in [-0.39, 0.29) is 52.5 Å². The van der Waals surface area contributed by atoms with Crippen molar-refractivity contribution in [3.63, 3.8) is 0 Å². The molecule has 0 aliphatic heterocycles. The Balaban J connectivity index is -0.000000343. The maximum Gasteiger partial charge on any atom is 0.320 e. The largest absolute Gasteiger partial charge is 0.481 e. The highest BCUT2D eigenvalue weighted by molar-refractivity contribution is 5.75. The first-order valence-electron chi connectivity index (χ1n) is 21.5. The van der Waals surface area contributed by atoms with Gasteiger partial charge in [-0.15, -0.1) is 0 Å². The number of aliphatic carboxylic acids is 3. The Bertz CT molecular complexity index is 752. The lowest BCUT2D eigenvalue weighted by Gasteiger charge is -2.17.